The van der Waals surface area contributed by atoms with E-state index in [1.165, 1.54) is 0 Å². The minimum atomic E-state index is 0.598. The average Bonchev–Trinajstić information content (AvgIpc) is 3.12. The Bertz CT molecular complexity index is 920. The molecule has 0 spiro atoms. The van der Waals surface area contributed by atoms with E-state index < -0.39 is 0 Å². The third-order valence-corrected chi connectivity index (χ3v) is 4.46. The van der Waals surface area contributed by atoms with Crippen LogP contribution in [0.1, 0.15) is 18.3 Å². The van der Waals surface area contributed by atoms with Gasteiger partial charge in [0.05, 0.1) is 6.54 Å². The van der Waals surface area contributed by atoms with E-state index in [-0.39, 0.29) is 0 Å². The molecule has 0 bridgehead atoms. The van der Waals surface area contributed by atoms with Gasteiger partial charge in [0.15, 0.2) is 11.6 Å². The molecule has 0 saturated heterocycles. The van der Waals surface area contributed by atoms with E-state index in [2.05, 4.69) is 40.3 Å². The predicted molar refractivity (Wildman–Crippen MR) is 112 cm³/mol. The average molecular weight is 380 g/mol. The number of aryl methyl sites for hydroxylation is 1. The lowest BCUT2D eigenvalue weighted by atomic mass is 10.2. The van der Waals surface area contributed by atoms with Crippen LogP contribution in [-0.4, -0.2) is 58.7 Å². The van der Waals surface area contributed by atoms with Crippen molar-refractivity contribution in [2.45, 2.75) is 20.3 Å². The number of pyridine rings is 1. The quantitative estimate of drug-likeness (QED) is 0.481. The first-order valence-electron chi connectivity index (χ1n) is 9.65. The van der Waals surface area contributed by atoms with Gasteiger partial charge in [0, 0.05) is 32.8 Å². The Morgan fingerprint density at radius 1 is 1.18 bits per heavy atom. The smallest absolute Gasteiger partial charge is 0.193 e. The lowest BCUT2D eigenvalue weighted by Gasteiger charge is -2.22. The Morgan fingerprint density at radius 3 is 2.82 bits per heavy atom. The minimum absolute atomic E-state index is 0.598. The highest BCUT2D eigenvalue weighted by molar-refractivity contribution is 5.79. The molecule has 2 heterocycles. The summed E-state index contributed by atoms with van der Waals surface area (Å²) in [5, 5.41) is 11.8. The Balaban J connectivity index is 1.54. The van der Waals surface area contributed by atoms with Crippen molar-refractivity contribution in [1.29, 1.82) is 0 Å². The van der Waals surface area contributed by atoms with Gasteiger partial charge in [0.1, 0.15) is 18.2 Å². The fourth-order valence-corrected chi connectivity index (χ4v) is 2.91. The maximum absolute atomic E-state index is 5.90. The summed E-state index contributed by atoms with van der Waals surface area (Å²) < 4.78 is 7.90. The van der Waals surface area contributed by atoms with Gasteiger partial charge >= 0.3 is 0 Å². The Hall–Kier alpha value is -3.09. The first-order chi connectivity index (χ1) is 13.7. The number of nitrogens with zero attached hydrogens (tertiary/aromatic N) is 5. The number of likely N-dealkylation sites (N-methyl/N-ethyl adjacent to an activating group) is 1. The van der Waals surface area contributed by atoms with Gasteiger partial charge in [-0.05, 0) is 37.6 Å². The van der Waals surface area contributed by atoms with Crippen molar-refractivity contribution < 1.29 is 4.74 Å². The van der Waals surface area contributed by atoms with Gasteiger partial charge in [-0.25, -0.2) is 0 Å². The molecule has 0 atom stereocenters. The van der Waals surface area contributed by atoms with E-state index in [1.54, 1.807) is 0 Å². The second-order valence-corrected chi connectivity index (χ2v) is 6.57. The highest BCUT2D eigenvalue weighted by Gasteiger charge is 2.08. The number of para-hydroxylation sites is 1. The molecule has 28 heavy (non-hydrogen) atoms. The van der Waals surface area contributed by atoms with Crippen LogP contribution in [0.2, 0.25) is 0 Å². The van der Waals surface area contributed by atoms with Crippen LogP contribution in [0, 0.1) is 6.92 Å². The van der Waals surface area contributed by atoms with E-state index in [4.69, 9.17) is 9.73 Å². The largest absolute Gasteiger partial charge is 0.491 e. The second-order valence-electron chi connectivity index (χ2n) is 6.57. The minimum Gasteiger partial charge on any atom is -0.491 e. The first kappa shape index (κ1) is 19.7. The number of ether oxygens (including phenoxy) is 1. The summed E-state index contributed by atoms with van der Waals surface area (Å²) in [6.07, 6.45) is 2.71. The molecule has 2 aromatic heterocycles. The molecule has 148 valence electrons. The molecule has 0 aliphatic heterocycles. The Kier molecular flexibility index (Phi) is 6.84. The number of aromatic nitrogens is 3. The van der Waals surface area contributed by atoms with Gasteiger partial charge in [-0.15, -0.1) is 10.2 Å². The van der Waals surface area contributed by atoms with Crippen LogP contribution in [0.25, 0.3) is 5.65 Å². The van der Waals surface area contributed by atoms with Crippen molar-refractivity contribution in [1.82, 2.24) is 24.8 Å². The van der Waals surface area contributed by atoms with Crippen molar-refractivity contribution in [2.24, 2.45) is 4.99 Å². The number of aliphatic imine (C=N–C) groups is 1. The standard InChI is InChI=1S/C21H28N6O/c1-4-22-21(26(3)15-16-28-18-10-6-5-9-17(18)2)23-13-12-20-25-24-19-11-7-8-14-27(19)20/h5-11,14H,4,12-13,15-16H2,1-3H3,(H,22,23). The normalized spacial score (nSPS) is 11.6. The van der Waals surface area contributed by atoms with Crippen molar-refractivity contribution in [2.75, 3.05) is 33.3 Å². The number of rotatable bonds is 8. The van der Waals surface area contributed by atoms with Crippen molar-refractivity contribution >= 4 is 11.6 Å². The SMILES string of the molecule is CCNC(=NCCc1nnc2ccccn12)N(C)CCOc1ccccc1C. The van der Waals surface area contributed by atoms with Crippen LogP contribution in [0.4, 0.5) is 0 Å². The summed E-state index contributed by atoms with van der Waals surface area (Å²) in [7, 11) is 2.02. The molecular formula is C21H28N6O. The summed E-state index contributed by atoms with van der Waals surface area (Å²) in [6.45, 7) is 6.92. The molecule has 3 rings (SSSR count). The van der Waals surface area contributed by atoms with Gasteiger partial charge in [-0.1, -0.05) is 24.3 Å². The summed E-state index contributed by atoms with van der Waals surface area (Å²) in [6, 6.07) is 14.0. The first-order valence-corrected chi connectivity index (χ1v) is 9.65. The molecule has 0 aliphatic rings. The molecule has 0 fully saturated rings. The van der Waals surface area contributed by atoms with E-state index in [0.717, 1.165) is 48.3 Å². The van der Waals surface area contributed by atoms with Crippen LogP contribution in [0.15, 0.2) is 53.7 Å². The number of benzene rings is 1. The van der Waals surface area contributed by atoms with Crippen LogP contribution < -0.4 is 10.1 Å². The third-order valence-electron chi connectivity index (χ3n) is 4.46. The lowest BCUT2D eigenvalue weighted by molar-refractivity contribution is 0.280. The molecule has 7 nitrogen and oxygen atoms in total. The Morgan fingerprint density at radius 2 is 2.00 bits per heavy atom. The molecule has 7 heteroatoms. The predicted octanol–water partition coefficient (Wildman–Crippen LogP) is 2.56. The van der Waals surface area contributed by atoms with Crippen LogP contribution in [0.3, 0.4) is 0 Å². The number of nitrogens with one attached hydrogen (secondary N) is 1. The molecule has 0 unspecified atom stereocenters. The highest BCUT2D eigenvalue weighted by Crippen LogP contribution is 2.15. The van der Waals surface area contributed by atoms with Crippen molar-refractivity contribution in [3.63, 3.8) is 0 Å². The lowest BCUT2D eigenvalue weighted by Crippen LogP contribution is -2.41. The van der Waals surface area contributed by atoms with Gasteiger partial charge in [0.2, 0.25) is 0 Å². The van der Waals surface area contributed by atoms with Crippen molar-refractivity contribution in [3.05, 3.63) is 60.0 Å². The van der Waals surface area contributed by atoms with Crippen LogP contribution in [0.5, 0.6) is 5.75 Å². The van der Waals surface area contributed by atoms with Gasteiger partial charge in [-0.3, -0.25) is 9.39 Å². The third kappa shape index (κ3) is 5.00. The summed E-state index contributed by atoms with van der Waals surface area (Å²) >= 11 is 0. The zero-order valence-electron chi connectivity index (χ0n) is 16.8. The zero-order chi connectivity index (χ0) is 19.8. The number of hydrogen-bond acceptors (Lipinski definition) is 4. The van der Waals surface area contributed by atoms with Gasteiger partial charge in [-0.2, -0.15) is 0 Å². The maximum Gasteiger partial charge on any atom is 0.193 e. The number of hydrogen-bond donors (Lipinski definition) is 1. The van der Waals surface area contributed by atoms with Crippen LogP contribution >= 0.6 is 0 Å². The molecule has 1 aromatic carbocycles. The molecular weight excluding hydrogens is 352 g/mol. The second kappa shape index (κ2) is 9.73. The Labute approximate surface area is 166 Å². The summed E-state index contributed by atoms with van der Waals surface area (Å²) in [5.74, 6) is 2.71. The molecule has 0 amide bonds. The monoisotopic (exact) mass is 380 g/mol. The van der Waals surface area contributed by atoms with Crippen LogP contribution in [-0.2, 0) is 6.42 Å². The van der Waals surface area contributed by atoms with E-state index in [9.17, 15) is 0 Å². The van der Waals surface area contributed by atoms with Gasteiger partial charge < -0.3 is 15.0 Å². The fraction of sp³-hybridized carbons (Fsp3) is 0.381. The number of guanidine groups is 1. The van der Waals surface area contributed by atoms with Crippen molar-refractivity contribution in [3.8, 4) is 5.75 Å². The molecule has 0 aliphatic carbocycles. The molecule has 3 aromatic rings. The van der Waals surface area contributed by atoms with E-state index in [1.807, 2.05) is 54.0 Å². The van der Waals surface area contributed by atoms with E-state index in [0.29, 0.717) is 13.2 Å². The topological polar surface area (TPSA) is 67.0 Å². The summed E-state index contributed by atoms with van der Waals surface area (Å²) in [4.78, 5) is 6.82. The molecule has 0 saturated carbocycles. The van der Waals surface area contributed by atoms with E-state index >= 15 is 0 Å². The zero-order valence-corrected chi connectivity index (χ0v) is 16.8. The number of fused-ring (bicyclic) bond motifs is 1. The molecule has 0 radical (unpaired) electrons. The summed E-state index contributed by atoms with van der Waals surface area (Å²) in [5.41, 5.74) is 2.00. The highest BCUT2D eigenvalue weighted by atomic mass is 16.5. The maximum atomic E-state index is 5.90. The molecule has 1 N–H and O–H groups in total. The fourth-order valence-electron chi connectivity index (χ4n) is 2.91. The van der Waals surface area contributed by atoms with Gasteiger partial charge in [0.25, 0.3) is 0 Å².